The van der Waals surface area contributed by atoms with Crippen molar-refractivity contribution in [1.29, 1.82) is 5.41 Å². The van der Waals surface area contributed by atoms with Crippen LogP contribution in [0.3, 0.4) is 0 Å². The second-order valence-electron chi connectivity index (χ2n) is 2.20. The number of nitrogens with one attached hydrogen (secondary N) is 2. The maximum absolute atomic E-state index is 10.9. The van der Waals surface area contributed by atoms with Crippen LogP contribution in [0, 0.1) is 5.41 Å². The average Bonchev–Trinajstić information content (AvgIpc) is 2.01. The molecule has 0 radical (unpaired) electrons. The largest absolute Gasteiger partial charge is 0.494 e. The van der Waals surface area contributed by atoms with Gasteiger partial charge in [0.05, 0.1) is 0 Å². The zero-order valence-electron chi connectivity index (χ0n) is 6.29. The van der Waals surface area contributed by atoms with Gasteiger partial charge in [-0.15, -0.1) is 0 Å². The molecular formula is C6H7N3O3. The number of aromatic nitrogens is 2. The van der Waals surface area contributed by atoms with Crippen molar-refractivity contribution in [2.24, 2.45) is 7.05 Å². The standard InChI is InChI=1S/C6H7N3O3/c1-9-5(11)3(2-7)4(10)8-6(9)12/h2,7,11H,1H3,(H,8,10,12). The van der Waals surface area contributed by atoms with Gasteiger partial charge in [0.15, 0.2) is 0 Å². The van der Waals surface area contributed by atoms with Crippen molar-refractivity contribution in [3.63, 3.8) is 0 Å². The molecule has 0 saturated carbocycles. The fourth-order valence-corrected chi connectivity index (χ4v) is 0.757. The molecule has 0 aliphatic heterocycles. The highest BCUT2D eigenvalue weighted by Gasteiger charge is 2.07. The van der Waals surface area contributed by atoms with Crippen LogP contribution < -0.4 is 11.2 Å². The van der Waals surface area contributed by atoms with Crippen molar-refractivity contribution in [2.45, 2.75) is 0 Å². The van der Waals surface area contributed by atoms with Crippen molar-refractivity contribution in [2.75, 3.05) is 0 Å². The minimum Gasteiger partial charge on any atom is -0.494 e. The summed E-state index contributed by atoms with van der Waals surface area (Å²) in [5.74, 6) is -0.501. The van der Waals surface area contributed by atoms with Crippen LogP contribution in [0.5, 0.6) is 5.88 Å². The molecule has 0 amide bonds. The Morgan fingerprint density at radius 1 is 1.58 bits per heavy atom. The van der Waals surface area contributed by atoms with Crippen LogP contribution in [0.15, 0.2) is 9.59 Å². The summed E-state index contributed by atoms with van der Waals surface area (Å²) in [6.07, 6.45) is 0.688. The monoisotopic (exact) mass is 169 g/mol. The third-order valence-corrected chi connectivity index (χ3v) is 1.47. The highest BCUT2D eigenvalue weighted by Crippen LogP contribution is 2.03. The van der Waals surface area contributed by atoms with Gasteiger partial charge in [-0.2, -0.15) is 0 Å². The number of H-pyrrole nitrogens is 1. The number of hydrogen-bond donors (Lipinski definition) is 3. The number of aromatic hydroxyl groups is 1. The van der Waals surface area contributed by atoms with Crippen LogP contribution in [0.25, 0.3) is 0 Å². The van der Waals surface area contributed by atoms with Gasteiger partial charge in [0.2, 0.25) is 5.88 Å². The SMILES string of the molecule is Cn1c(O)c(C=N)c(=O)[nH]c1=O. The summed E-state index contributed by atoms with van der Waals surface area (Å²) >= 11 is 0. The van der Waals surface area contributed by atoms with Crippen LogP contribution in [0.2, 0.25) is 0 Å². The molecule has 0 aliphatic carbocycles. The van der Waals surface area contributed by atoms with Crippen LogP contribution >= 0.6 is 0 Å². The Bertz CT molecular complexity index is 429. The van der Waals surface area contributed by atoms with E-state index in [-0.39, 0.29) is 5.56 Å². The first-order valence-corrected chi connectivity index (χ1v) is 3.10. The first-order valence-electron chi connectivity index (χ1n) is 3.10. The molecule has 1 aromatic rings. The predicted octanol–water partition coefficient (Wildman–Crippen LogP) is -1.22. The summed E-state index contributed by atoms with van der Waals surface area (Å²) in [6, 6.07) is 0. The molecule has 0 saturated heterocycles. The molecule has 6 nitrogen and oxygen atoms in total. The molecule has 12 heavy (non-hydrogen) atoms. The maximum Gasteiger partial charge on any atom is 0.330 e. The van der Waals surface area contributed by atoms with Gasteiger partial charge in [-0.25, -0.2) is 4.79 Å². The van der Waals surface area contributed by atoms with Crippen molar-refractivity contribution < 1.29 is 5.11 Å². The fourth-order valence-electron chi connectivity index (χ4n) is 0.757. The van der Waals surface area contributed by atoms with Crippen molar-refractivity contribution in [3.05, 3.63) is 26.4 Å². The Kier molecular flexibility index (Phi) is 1.82. The Labute approximate surface area is 66.6 Å². The number of rotatable bonds is 1. The van der Waals surface area contributed by atoms with E-state index in [9.17, 15) is 9.59 Å². The first kappa shape index (κ1) is 8.25. The average molecular weight is 169 g/mol. The van der Waals surface area contributed by atoms with Crippen LogP contribution in [0.1, 0.15) is 5.56 Å². The van der Waals surface area contributed by atoms with E-state index in [1.807, 2.05) is 4.98 Å². The minimum absolute atomic E-state index is 0.225. The zero-order valence-corrected chi connectivity index (χ0v) is 6.29. The third-order valence-electron chi connectivity index (χ3n) is 1.47. The molecule has 0 aliphatic rings. The molecule has 1 heterocycles. The Hall–Kier alpha value is -1.85. The Morgan fingerprint density at radius 2 is 2.17 bits per heavy atom. The van der Waals surface area contributed by atoms with Gasteiger partial charge in [0.25, 0.3) is 5.56 Å². The van der Waals surface area contributed by atoms with Gasteiger partial charge in [-0.05, 0) is 0 Å². The molecule has 1 rings (SSSR count). The van der Waals surface area contributed by atoms with Gasteiger partial charge >= 0.3 is 5.69 Å². The van der Waals surface area contributed by atoms with Crippen molar-refractivity contribution >= 4 is 6.21 Å². The quantitative estimate of drug-likeness (QED) is 0.459. The lowest BCUT2D eigenvalue weighted by atomic mass is 10.3. The van der Waals surface area contributed by atoms with E-state index in [0.717, 1.165) is 4.57 Å². The molecule has 0 atom stereocenters. The predicted molar refractivity (Wildman–Crippen MR) is 41.9 cm³/mol. The topological polar surface area (TPSA) is 98.9 Å². The van der Waals surface area contributed by atoms with Crippen LogP contribution in [-0.4, -0.2) is 20.9 Å². The highest BCUT2D eigenvalue weighted by atomic mass is 16.3. The Morgan fingerprint density at radius 3 is 2.67 bits per heavy atom. The van der Waals surface area contributed by atoms with E-state index < -0.39 is 17.1 Å². The van der Waals surface area contributed by atoms with Gasteiger partial charge in [0, 0.05) is 13.3 Å². The lowest BCUT2D eigenvalue weighted by Gasteiger charge is -2.01. The minimum atomic E-state index is -0.759. The molecule has 0 spiro atoms. The summed E-state index contributed by atoms with van der Waals surface area (Å²) < 4.78 is 0.849. The highest BCUT2D eigenvalue weighted by molar-refractivity contribution is 5.79. The second-order valence-corrected chi connectivity index (χ2v) is 2.20. The summed E-state index contributed by atoms with van der Waals surface area (Å²) in [5.41, 5.74) is -1.69. The van der Waals surface area contributed by atoms with E-state index >= 15 is 0 Å². The molecule has 1 aromatic heterocycles. The zero-order chi connectivity index (χ0) is 9.30. The molecule has 64 valence electrons. The molecule has 0 aromatic carbocycles. The number of nitrogens with zero attached hydrogens (tertiary/aromatic N) is 1. The van der Waals surface area contributed by atoms with Gasteiger partial charge in [-0.1, -0.05) is 0 Å². The lowest BCUT2D eigenvalue weighted by Crippen LogP contribution is -2.30. The third kappa shape index (κ3) is 1.03. The molecule has 0 unspecified atom stereocenters. The van der Waals surface area contributed by atoms with Crippen molar-refractivity contribution in [1.82, 2.24) is 9.55 Å². The van der Waals surface area contributed by atoms with E-state index in [2.05, 4.69) is 0 Å². The van der Waals surface area contributed by atoms with Gasteiger partial charge < -0.3 is 10.5 Å². The van der Waals surface area contributed by atoms with Crippen LogP contribution in [-0.2, 0) is 7.05 Å². The molecule has 0 bridgehead atoms. The Balaban J connectivity index is 3.74. The van der Waals surface area contributed by atoms with E-state index in [1.165, 1.54) is 7.05 Å². The fraction of sp³-hybridized carbons (Fsp3) is 0.167. The van der Waals surface area contributed by atoms with Gasteiger partial charge in [-0.3, -0.25) is 14.3 Å². The molecule has 3 N–H and O–H groups in total. The maximum atomic E-state index is 10.9. The molecular weight excluding hydrogens is 162 g/mol. The number of hydrogen-bond acceptors (Lipinski definition) is 4. The van der Waals surface area contributed by atoms with Crippen molar-refractivity contribution in [3.8, 4) is 5.88 Å². The van der Waals surface area contributed by atoms with E-state index in [0.29, 0.717) is 6.21 Å². The molecule has 6 heteroatoms. The summed E-state index contributed by atoms with van der Waals surface area (Å²) in [4.78, 5) is 23.6. The van der Waals surface area contributed by atoms with E-state index in [1.54, 1.807) is 0 Å². The second kappa shape index (κ2) is 2.65. The number of aromatic amines is 1. The summed E-state index contributed by atoms with van der Waals surface area (Å²) in [5, 5.41) is 15.9. The first-order chi connectivity index (χ1) is 5.57. The van der Waals surface area contributed by atoms with Crippen LogP contribution in [0.4, 0.5) is 0 Å². The van der Waals surface area contributed by atoms with Gasteiger partial charge in [0.1, 0.15) is 5.56 Å². The lowest BCUT2D eigenvalue weighted by molar-refractivity contribution is 0.417. The summed E-state index contributed by atoms with van der Waals surface area (Å²) in [6.45, 7) is 0. The normalized spacial score (nSPS) is 9.75. The molecule has 0 fully saturated rings. The summed E-state index contributed by atoms with van der Waals surface area (Å²) in [7, 11) is 1.29. The smallest absolute Gasteiger partial charge is 0.330 e. The van der Waals surface area contributed by atoms with E-state index in [4.69, 9.17) is 10.5 Å².